The predicted molar refractivity (Wildman–Crippen MR) is 76.1 cm³/mol. The number of aliphatic carboxylic acids is 1. The zero-order chi connectivity index (χ0) is 14.5. The molecule has 20 heavy (non-hydrogen) atoms. The van der Waals surface area contributed by atoms with Crippen LogP contribution in [0.1, 0.15) is 44.9 Å². The van der Waals surface area contributed by atoms with Gasteiger partial charge in [0.1, 0.15) is 0 Å². The normalized spacial score (nSPS) is 31.1. The van der Waals surface area contributed by atoms with Gasteiger partial charge in [-0.1, -0.05) is 0 Å². The van der Waals surface area contributed by atoms with Crippen molar-refractivity contribution < 1.29 is 14.7 Å². The molecule has 2 aliphatic rings. The standard InChI is InChI=1S/C15H26N2O3/c16-9-11-3-5-13(6-4-11)15(20)17-7-1-2-12(10-17)8-14(18)19/h11-13H,1-10,16H2,(H,18,19). The molecule has 1 unspecified atom stereocenters. The van der Waals surface area contributed by atoms with Gasteiger partial charge >= 0.3 is 5.97 Å². The van der Waals surface area contributed by atoms with E-state index in [9.17, 15) is 9.59 Å². The molecule has 0 aromatic carbocycles. The maximum Gasteiger partial charge on any atom is 0.303 e. The van der Waals surface area contributed by atoms with E-state index in [0.717, 1.165) is 51.6 Å². The molecule has 0 spiro atoms. The predicted octanol–water partition coefficient (Wildman–Crippen LogP) is 1.46. The van der Waals surface area contributed by atoms with E-state index in [-0.39, 0.29) is 24.2 Å². The van der Waals surface area contributed by atoms with Crippen molar-refractivity contribution in [1.29, 1.82) is 0 Å². The Morgan fingerprint density at radius 3 is 2.40 bits per heavy atom. The number of hydrogen-bond acceptors (Lipinski definition) is 3. The molecule has 0 radical (unpaired) electrons. The van der Waals surface area contributed by atoms with Crippen LogP contribution < -0.4 is 5.73 Å². The van der Waals surface area contributed by atoms with Gasteiger partial charge in [0, 0.05) is 25.4 Å². The minimum absolute atomic E-state index is 0.130. The zero-order valence-electron chi connectivity index (χ0n) is 12.1. The molecule has 114 valence electrons. The lowest BCUT2D eigenvalue weighted by Gasteiger charge is -2.36. The van der Waals surface area contributed by atoms with E-state index in [1.165, 1.54) is 0 Å². The molecule has 0 bridgehead atoms. The Hall–Kier alpha value is -1.10. The summed E-state index contributed by atoms with van der Waals surface area (Å²) in [6, 6.07) is 0. The number of likely N-dealkylation sites (tertiary alicyclic amines) is 1. The van der Waals surface area contributed by atoms with Crippen molar-refractivity contribution in [2.75, 3.05) is 19.6 Å². The molecule has 2 fully saturated rings. The van der Waals surface area contributed by atoms with Crippen LogP contribution in [0.2, 0.25) is 0 Å². The van der Waals surface area contributed by atoms with E-state index in [4.69, 9.17) is 10.8 Å². The fourth-order valence-electron chi connectivity index (χ4n) is 3.58. The molecular formula is C15H26N2O3. The molecule has 1 aliphatic carbocycles. The summed E-state index contributed by atoms with van der Waals surface area (Å²) in [6.45, 7) is 2.15. The molecule has 2 rings (SSSR count). The first-order valence-electron chi connectivity index (χ1n) is 7.80. The second-order valence-electron chi connectivity index (χ2n) is 6.34. The average Bonchev–Trinajstić information content (AvgIpc) is 2.46. The first-order chi connectivity index (χ1) is 9.60. The summed E-state index contributed by atoms with van der Waals surface area (Å²) in [5.74, 6) is 0.343. The maximum atomic E-state index is 12.5. The highest BCUT2D eigenvalue weighted by atomic mass is 16.4. The van der Waals surface area contributed by atoms with E-state index in [2.05, 4.69) is 0 Å². The van der Waals surface area contributed by atoms with Crippen LogP contribution in [0.5, 0.6) is 0 Å². The third-order valence-electron chi connectivity index (χ3n) is 4.82. The fraction of sp³-hybridized carbons (Fsp3) is 0.867. The molecule has 1 aliphatic heterocycles. The highest BCUT2D eigenvalue weighted by Crippen LogP contribution is 2.31. The average molecular weight is 282 g/mol. The fourth-order valence-corrected chi connectivity index (χ4v) is 3.58. The first-order valence-corrected chi connectivity index (χ1v) is 7.80. The minimum atomic E-state index is -0.757. The Morgan fingerprint density at radius 2 is 1.80 bits per heavy atom. The van der Waals surface area contributed by atoms with E-state index >= 15 is 0 Å². The van der Waals surface area contributed by atoms with Gasteiger partial charge in [-0.05, 0) is 56.9 Å². The largest absolute Gasteiger partial charge is 0.481 e. The SMILES string of the molecule is NCC1CCC(C(=O)N2CCCC(CC(=O)O)C2)CC1. The Bertz CT molecular complexity index is 351. The van der Waals surface area contributed by atoms with Crippen molar-refractivity contribution >= 4 is 11.9 Å². The van der Waals surface area contributed by atoms with Crippen LogP contribution in [0, 0.1) is 17.8 Å². The Kier molecular flexibility index (Phi) is 5.40. The van der Waals surface area contributed by atoms with Gasteiger partial charge in [-0.15, -0.1) is 0 Å². The molecule has 1 atom stereocenters. The molecule has 0 aromatic rings. The molecule has 1 saturated carbocycles. The Morgan fingerprint density at radius 1 is 1.10 bits per heavy atom. The van der Waals surface area contributed by atoms with Gasteiger partial charge in [0.25, 0.3) is 0 Å². The number of carbonyl (C=O) groups excluding carboxylic acids is 1. The van der Waals surface area contributed by atoms with Crippen molar-refractivity contribution in [1.82, 2.24) is 4.90 Å². The third-order valence-corrected chi connectivity index (χ3v) is 4.82. The number of rotatable bonds is 4. The zero-order valence-corrected chi connectivity index (χ0v) is 12.1. The van der Waals surface area contributed by atoms with Gasteiger partial charge in [0.05, 0.1) is 0 Å². The molecular weight excluding hydrogens is 256 g/mol. The van der Waals surface area contributed by atoms with Crippen molar-refractivity contribution in [3.05, 3.63) is 0 Å². The van der Waals surface area contributed by atoms with Gasteiger partial charge in [-0.3, -0.25) is 9.59 Å². The van der Waals surface area contributed by atoms with Crippen LogP contribution in [0.25, 0.3) is 0 Å². The van der Waals surface area contributed by atoms with Crippen molar-refractivity contribution in [2.24, 2.45) is 23.5 Å². The van der Waals surface area contributed by atoms with Gasteiger partial charge in [0.2, 0.25) is 5.91 Å². The summed E-state index contributed by atoms with van der Waals surface area (Å²) in [6.07, 6.45) is 6.04. The lowest BCUT2D eigenvalue weighted by atomic mass is 9.81. The maximum absolute atomic E-state index is 12.5. The minimum Gasteiger partial charge on any atom is -0.481 e. The number of carbonyl (C=O) groups is 2. The van der Waals surface area contributed by atoms with E-state index in [1.54, 1.807) is 0 Å². The summed E-state index contributed by atoms with van der Waals surface area (Å²) >= 11 is 0. The lowest BCUT2D eigenvalue weighted by molar-refractivity contribution is -0.142. The monoisotopic (exact) mass is 282 g/mol. The number of nitrogens with zero attached hydrogens (tertiary/aromatic N) is 1. The van der Waals surface area contributed by atoms with Gasteiger partial charge < -0.3 is 15.7 Å². The van der Waals surface area contributed by atoms with Crippen LogP contribution in [-0.4, -0.2) is 41.5 Å². The van der Waals surface area contributed by atoms with Crippen LogP contribution >= 0.6 is 0 Å². The van der Waals surface area contributed by atoms with Gasteiger partial charge in [0.15, 0.2) is 0 Å². The van der Waals surface area contributed by atoms with Gasteiger partial charge in [-0.25, -0.2) is 0 Å². The second kappa shape index (κ2) is 7.07. The van der Waals surface area contributed by atoms with Crippen molar-refractivity contribution in [2.45, 2.75) is 44.9 Å². The molecule has 5 nitrogen and oxygen atoms in total. The second-order valence-corrected chi connectivity index (χ2v) is 6.34. The van der Waals surface area contributed by atoms with Crippen molar-refractivity contribution in [3.8, 4) is 0 Å². The first kappa shape index (κ1) is 15.3. The Balaban J connectivity index is 1.84. The molecule has 1 saturated heterocycles. The van der Waals surface area contributed by atoms with Crippen LogP contribution in [-0.2, 0) is 9.59 Å². The Labute approximate surface area is 120 Å². The molecule has 1 amide bonds. The van der Waals surface area contributed by atoms with Crippen LogP contribution in [0.15, 0.2) is 0 Å². The highest BCUT2D eigenvalue weighted by Gasteiger charge is 2.32. The third kappa shape index (κ3) is 3.95. The smallest absolute Gasteiger partial charge is 0.303 e. The van der Waals surface area contributed by atoms with E-state index in [1.807, 2.05) is 4.90 Å². The van der Waals surface area contributed by atoms with Crippen LogP contribution in [0.3, 0.4) is 0 Å². The van der Waals surface area contributed by atoms with E-state index in [0.29, 0.717) is 12.5 Å². The number of carboxylic acids is 1. The molecule has 0 aromatic heterocycles. The molecule has 1 heterocycles. The van der Waals surface area contributed by atoms with E-state index < -0.39 is 5.97 Å². The number of hydrogen-bond donors (Lipinski definition) is 2. The quantitative estimate of drug-likeness (QED) is 0.817. The summed E-state index contributed by atoms with van der Waals surface area (Å²) in [7, 11) is 0. The summed E-state index contributed by atoms with van der Waals surface area (Å²) < 4.78 is 0. The topological polar surface area (TPSA) is 83.6 Å². The summed E-state index contributed by atoms with van der Waals surface area (Å²) in [5.41, 5.74) is 5.68. The highest BCUT2D eigenvalue weighted by molar-refractivity contribution is 5.79. The number of piperidine rings is 1. The number of carboxylic acid groups (broad SMARTS) is 1. The molecule has 3 N–H and O–H groups in total. The number of amides is 1. The summed E-state index contributed by atoms with van der Waals surface area (Å²) in [5, 5.41) is 8.88. The van der Waals surface area contributed by atoms with Crippen molar-refractivity contribution in [3.63, 3.8) is 0 Å². The summed E-state index contributed by atoms with van der Waals surface area (Å²) in [4.78, 5) is 25.2. The lowest BCUT2D eigenvalue weighted by Crippen LogP contribution is -2.44. The molecule has 5 heteroatoms. The van der Waals surface area contributed by atoms with Gasteiger partial charge in [-0.2, -0.15) is 0 Å². The van der Waals surface area contributed by atoms with Crippen LogP contribution in [0.4, 0.5) is 0 Å². The number of nitrogens with two attached hydrogens (primary N) is 1.